The summed E-state index contributed by atoms with van der Waals surface area (Å²) in [6.45, 7) is 3.57. The number of hydrogen-bond donors (Lipinski definition) is 0. The summed E-state index contributed by atoms with van der Waals surface area (Å²) in [5.74, 6) is 0.425. The number of carbonyl (C=O) groups excluding carboxylic acids is 1. The highest BCUT2D eigenvalue weighted by Gasteiger charge is 2.30. The van der Waals surface area contributed by atoms with Crippen LogP contribution < -0.4 is 4.90 Å². The van der Waals surface area contributed by atoms with Crippen molar-refractivity contribution in [2.75, 3.05) is 31.1 Å². The quantitative estimate of drug-likeness (QED) is 0.839. The number of hydrogen-bond acceptors (Lipinski definition) is 4. The van der Waals surface area contributed by atoms with Crippen LogP contribution in [0.25, 0.3) is 0 Å². The van der Waals surface area contributed by atoms with Gasteiger partial charge in [0.15, 0.2) is 0 Å². The first-order chi connectivity index (χ1) is 10.8. The smallest absolute Gasteiger partial charge is 0.227 e. The lowest BCUT2D eigenvalue weighted by Gasteiger charge is -2.37. The van der Waals surface area contributed by atoms with Crippen molar-refractivity contribution >= 4 is 11.6 Å². The maximum atomic E-state index is 12.7. The highest BCUT2D eigenvalue weighted by atomic mass is 16.2. The summed E-state index contributed by atoms with van der Waals surface area (Å²) in [6, 6.07) is 5.71. The Balaban J connectivity index is 1.65. The van der Waals surface area contributed by atoms with Crippen molar-refractivity contribution in [3.05, 3.63) is 24.0 Å². The molecule has 116 valence electrons. The van der Waals surface area contributed by atoms with E-state index in [0.29, 0.717) is 11.6 Å². The van der Waals surface area contributed by atoms with E-state index in [1.54, 1.807) is 12.3 Å². The Hall–Kier alpha value is -2.09. The van der Waals surface area contributed by atoms with Gasteiger partial charge in [0, 0.05) is 26.2 Å². The number of rotatable bonds is 2. The molecule has 1 atom stereocenters. The monoisotopic (exact) mass is 298 g/mol. The zero-order chi connectivity index (χ0) is 15.4. The van der Waals surface area contributed by atoms with Crippen molar-refractivity contribution in [3.8, 4) is 6.07 Å². The van der Waals surface area contributed by atoms with E-state index in [-0.39, 0.29) is 5.92 Å². The molecule has 0 bridgehead atoms. The lowest BCUT2D eigenvalue weighted by molar-refractivity contribution is -0.136. The van der Waals surface area contributed by atoms with Crippen LogP contribution in [0, 0.1) is 17.2 Å². The van der Waals surface area contributed by atoms with Gasteiger partial charge >= 0.3 is 0 Å². The molecule has 1 amide bonds. The minimum Gasteiger partial charge on any atom is -0.369 e. The van der Waals surface area contributed by atoms with Crippen LogP contribution in [0.1, 0.15) is 37.8 Å². The molecule has 0 saturated carbocycles. The van der Waals surface area contributed by atoms with Crippen molar-refractivity contribution in [2.45, 2.75) is 32.1 Å². The van der Waals surface area contributed by atoms with Crippen molar-refractivity contribution in [1.82, 2.24) is 9.88 Å². The molecule has 3 heterocycles. The fourth-order valence-electron chi connectivity index (χ4n) is 3.42. The molecule has 0 radical (unpaired) electrons. The largest absolute Gasteiger partial charge is 0.369 e. The highest BCUT2D eigenvalue weighted by molar-refractivity contribution is 5.80. The first kappa shape index (κ1) is 14.8. The molecule has 0 aliphatic carbocycles. The summed E-state index contributed by atoms with van der Waals surface area (Å²) in [4.78, 5) is 21.1. The van der Waals surface area contributed by atoms with E-state index in [9.17, 15) is 4.79 Å². The lowest BCUT2D eigenvalue weighted by atomic mass is 9.95. The Kier molecular flexibility index (Phi) is 4.57. The van der Waals surface area contributed by atoms with Gasteiger partial charge in [-0.15, -0.1) is 0 Å². The Labute approximate surface area is 131 Å². The van der Waals surface area contributed by atoms with E-state index in [4.69, 9.17) is 5.26 Å². The van der Waals surface area contributed by atoms with Gasteiger partial charge in [0.05, 0.1) is 17.8 Å². The molecule has 2 saturated heterocycles. The summed E-state index contributed by atoms with van der Waals surface area (Å²) in [6.07, 6.45) is 7.28. The molecule has 1 aromatic heterocycles. The molecule has 2 aliphatic rings. The molecule has 1 unspecified atom stereocenters. The molecule has 3 rings (SSSR count). The zero-order valence-corrected chi connectivity index (χ0v) is 12.9. The van der Waals surface area contributed by atoms with E-state index in [2.05, 4.69) is 14.8 Å². The topological polar surface area (TPSA) is 60.2 Å². The first-order valence-electron chi connectivity index (χ1n) is 8.18. The second-order valence-electron chi connectivity index (χ2n) is 6.18. The van der Waals surface area contributed by atoms with Gasteiger partial charge in [-0.2, -0.15) is 5.26 Å². The Morgan fingerprint density at radius 3 is 2.68 bits per heavy atom. The summed E-state index contributed by atoms with van der Waals surface area (Å²) >= 11 is 0. The van der Waals surface area contributed by atoms with Crippen LogP contribution >= 0.6 is 0 Å². The Bertz CT molecular complexity index is 557. The van der Waals surface area contributed by atoms with Crippen LogP contribution in [-0.4, -0.2) is 42.0 Å². The van der Waals surface area contributed by atoms with Crippen LogP contribution in [0.5, 0.6) is 0 Å². The van der Waals surface area contributed by atoms with Crippen molar-refractivity contribution < 1.29 is 4.79 Å². The number of likely N-dealkylation sites (tertiary alicyclic amines) is 1. The number of anilines is 1. The van der Waals surface area contributed by atoms with Crippen LogP contribution in [0.2, 0.25) is 0 Å². The summed E-state index contributed by atoms with van der Waals surface area (Å²) < 4.78 is 0. The second kappa shape index (κ2) is 6.78. The highest BCUT2D eigenvalue weighted by Crippen LogP contribution is 2.25. The van der Waals surface area contributed by atoms with Crippen LogP contribution in [0.15, 0.2) is 18.3 Å². The first-order valence-corrected chi connectivity index (χ1v) is 8.18. The van der Waals surface area contributed by atoms with Crippen LogP contribution in [-0.2, 0) is 4.79 Å². The number of nitriles is 1. The fourth-order valence-corrected chi connectivity index (χ4v) is 3.42. The molecule has 0 spiro atoms. The van der Waals surface area contributed by atoms with E-state index >= 15 is 0 Å². The van der Waals surface area contributed by atoms with Crippen LogP contribution in [0.3, 0.4) is 0 Å². The molecular weight excluding hydrogens is 276 g/mol. The summed E-state index contributed by atoms with van der Waals surface area (Å²) in [5, 5.41) is 8.82. The van der Waals surface area contributed by atoms with E-state index < -0.39 is 0 Å². The predicted octanol–water partition coefficient (Wildman–Crippen LogP) is 2.18. The van der Waals surface area contributed by atoms with Gasteiger partial charge in [-0.1, -0.05) is 0 Å². The van der Waals surface area contributed by atoms with Gasteiger partial charge in [-0.3, -0.25) is 4.79 Å². The van der Waals surface area contributed by atoms with Crippen LogP contribution in [0.4, 0.5) is 5.69 Å². The second-order valence-corrected chi connectivity index (χ2v) is 6.18. The van der Waals surface area contributed by atoms with E-state index in [0.717, 1.165) is 57.5 Å². The van der Waals surface area contributed by atoms with E-state index in [1.807, 2.05) is 12.1 Å². The Morgan fingerprint density at radius 2 is 2.00 bits per heavy atom. The van der Waals surface area contributed by atoms with Gasteiger partial charge in [0.2, 0.25) is 5.91 Å². The molecule has 0 aromatic carbocycles. The van der Waals surface area contributed by atoms with Crippen molar-refractivity contribution in [2.24, 2.45) is 5.92 Å². The average molecular weight is 298 g/mol. The maximum absolute atomic E-state index is 12.7. The number of pyridine rings is 1. The third-order valence-electron chi connectivity index (χ3n) is 4.67. The SMILES string of the molecule is N#Cc1ccc(N2CCCC(C(=O)N3CCCCC3)C2)cn1. The predicted molar refractivity (Wildman–Crippen MR) is 84.3 cm³/mol. The van der Waals surface area contributed by atoms with Crippen molar-refractivity contribution in [3.63, 3.8) is 0 Å². The van der Waals surface area contributed by atoms with Gasteiger partial charge in [-0.05, 0) is 44.2 Å². The molecule has 22 heavy (non-hydrogen) atoms. The maximum Gasteiger partial charge on any atom is 0.227 e. The number of carbonyl (C=O) groups is 1. The molecule has 1 aromatic rings. The van der Waals surface area contributed by atoms with Gasteiger partial charge < -0.3 is 9.80 Å². The minimum absolute atomic E-state index is 0.0995. The minimum atomic E-state index is 0.0995. The third-order valence-corrected chi connectivity index (χ3v) is 4.67. The fraction of sp³-hybridized carbons (Fsp3) is 0.588. The number of amides is 1. The molecule has 0 N–H and O–H groups in total. The number of aromatic nitrogens is 1. The lowest BCUT2D eigenvalue weighted by Crippen LogP contribution is -2.46. The van der Waals surface area contributed by atoms with Crippen molar-refractivity contribution in [1.29, 1.82) is 5.26 Å². The Morgan fingerprint density at radius 1 is 1.18 bits per heavy atom. The molecular formula is C17H22N4O. The molecule has 2 fully saturated rings. The van der Waals surface area contributed by atoms with E-state index in [1.165, 1.54) is 6.42 Å². The standard InChI is InChI=1S/C17H22N4O/c18-11-15-6-7-16(12-19-15)21-10-4-5-14(13-21)17(22)20-8-2-1-3-9-20/h6-7,12,14H,1-5,8-10,13H2. The average Bonchev–Trinajstić information content (AvgIpc) is 2.62. The normalized spacial score (nSPS) is 22.2. The van der Waals surface area contributed by atoms with Gasteiger partial charge in [0.25, 0.3) is 0 Å². The van der Waals surface area contributed by atoms with Gasteiger partial charge in [-0.25, -0.2) is 4.98 Å². The molecule has 5 nitrogen and oxygen atoms in total. The zero-order valence-electron chi connectivity index (χ0n) is 12.9. The molecule has 2 aliphatic heterocycles. The summed E-state index contributed by atoms with van der Waals surface area (Å²) in [5.41, 5.74) is 1.44. The van der Waals surface area contributed by atoms with Gasteiger partial charge in [0.1, 0.15) is 11.8 Å². The number of nitrogens with zero attached hydrogens (tertiary/aromatic N) is 4. The third kappa shape index (κ3) is 3.22. The number of piperidine rings is 2. The summed E-state index contributed by atoms with van der Waals surface area (Å²) in [7, 11) is 0. The molecule has 5 heteroatoms.